The fourth-order valence-corrected chi connectivity index (χ4v) is 2.62. The van der Waals surface area contributed by atoms with Gasteiger partial charge in [-0.1, -0.05) is 18.2 Å². The van der Waals surface area contributed by atoms with Gasteiger partial charge in [0.25, 0.3) is 0 Å². The molecule has 2 aromatic rings. The molecule has 0 spiro atoms. The van der Waals surface area contributed by atoms with Crippen molar-refractivity contribution < 1.29 is 9.84 Å². The number of phenolic OH excluding ortho intramolecular Hbond substituents is 1. The molecular formula is C20H26N4O2. The molecule has 0 aliphatic carbocycles. The highest BCUT2D eigenvalue weighted by molar-refractivity contribution is 6.09. The topological polar surface area (TPSA) is 103 Å². The molecule has 26 heavy (non-hydrogen) atoms. The molecule has 0 aliphatic heterocycles. The van der Waals surface area contributed by atoms with E-state index in [2.05, 4.69) is 10.6 Å². The van der Waals surface area contributed by atoms with Crippen LogP contribution in [0.25, 0.3) is 5.57 Å². The number of rotatable bonds is 10. The fourth-order valence-electron chi connectivity index (χ4n) is 2.62. The van der Waals surface area contributed by atoms with Gasteiger partial charge < -0.3 is 31.6 Å². The van der Waals surface area contributed by atoms with Gasteiger partial charge in [-0.15, -0.1) is 0 Å². The average Bonchev–Trinajstić information content (AvgIpc) is 2.67. The zero-order valence-electron chi connectivity index (χ0n) is 15.0. The Morgan fingerprint density at radius 1 is 1.19 bits per heavy atom. The summed E-state index contributed by atoms with van der Waals surface area (Å²) in [7, 11) is 1.60. The first-order valence-electron chi connectivity index (χ1n) is 8.51. The summed E-state index contributed by atoms with van der Waals surface area (Å²) in [6.45, 7) is 2.35. The predicted molar refractivity (Wildman–Crippen MR) is 107 cm³/mol. The third-order valence-electron chi connectivity index (χ3n) is 4.04. The van der Waals surface area contributed by atoms with Gasteiger partial charge in [0, 0.05) is 48.4 Å². The van der Waals surface area contributed by atoms with Crippen molar-refractivity contribution in [1.29, 1.82) is 5.41 Å². The van der Waals surface area contributed by atoms with Crippen molar-refractivity contribution in [2.24, 2.45) is 5.73 Å². The summed E-state index contributed by atoms with van der Waals surface area (Å²) in [5.41, 5.74) is 8.83. The van der Waals surface area contributed by atoms with Crippen LogP contribution >= 0.6 is 0 Å². The summed E-state index contributed by atoms with van der Waals surface area (Å²) in [4.78, 5) is 0. The summed E-state index contributed by atoms with van der Waals surface area (Å²) < 4.78 is 5.40. The molecule has 6 nitrogen and oxygen atoms in total. The van der Waals surface area contributed by atoms with Crippen LogP contribution in [-0.4, -0.2) is 38.1 Å². The smallest absolute Gasteiger partial charge is 0.128 e. The molecule has 0 fully saturated rings. The third-order valence-corrected chi connectivity index (χ3v) is 4.04. The van der Waals surface area contributed by atoms with E-state index in [4.69, 9.17) is 15.9 Å². The number of benzene rings is 2. The van der Waals surface area contributed by atoms with Gasteiger partial charge in [0.1, 0.15) is 11.5 Å². The molecule has 6 N–H and O–H groups in total. The largest absolute Gasteiger partial charge is 0.508 e. The number of aromatic hydroxyl groups is 1. The van der Waals surface area contributed by atoms with E-state index in [0.29, 0.717) is 17.1 Å². The molecule has 0 radical (unpaired) electrons. The molecule has 0 saturated heterocycles. The van der Waals surface area contributed by atoms with Gasteiger partial charge in [0.05, 0.1) is 7.11 Å². The van der Waals surface area contributed by atoms with Crippen LogP contribution in [0, 0.1) is 5.41 Å². The minimum absolute atomic E-state index is 0.343. The fraction of sp³-hybridized carbons (Fsp3) is 0.250. The summed E-state index contributed by atoms with van der Waals surface area (Å²) in [5.74, 6) is 1.01. The van der Waals surface area contributed by atoms with Crippen LogP contribution in [0.15, 0.2) is 48.7 Å². The third kappa shape index (κ3) is 5.26. The Bertz CT molecular complexity index is 759. The lowest BCUT2D eigenvalue weighted by atomic mass is 10.1. The lowest BCUT2D eigenvalue weighted by Gasteiger charge is -2.13. The van der Waals surface area contributed by atoms with Gasteiger partial charge in [-0.3, -0.25) is 0 Å². The maximum absolute atomic E-state index is 9.73. The number of hydrogen-bond acceptors (Lipinski definition) is 6. The van der Waals surface area contributed by atoms with E-state index >= 15 is 0 Å². The van der Waals surface area contributed by atoms with E-state index in [9.17, 15) is 5.11 Å². The van der Waals surface area contributed by atoms with Crippen molar-refractivity contribution in [1.82, 2.24) is 5.32 Å². The van der Waals surface area contributed by atoms with E-state index in [0.717, 1.165) is 42.9 Å². The van der Waals surface area contributed by atoms with E-state index in [-0.39, 0.29) is 0 Å². The second-order valence-electron chi connectivity index (χ2n) is 5.74. The second kappa shape index (κ2) is 10.1. The zero-order valence-corrected chi connectivity index (χ0v) is 15.0. The van der Waals surface area contributed by atoms with Gasteiger partial charge in [0.15, 0.2) is 0 Å². The minimum atomic E-state index is 0.343. The van der Waals surface area contributed by atoms with Crippen LogP contribution < -0.4 is 21.1 Å². The lowest BCUT2D eigenvalue weighted by Crippen LogP contribution is -2.24. The van der Waals surface area contributed by atoms with Crippen LogP contribution in [-0.2, 0) is 6.42 Å². The molecule has 6 heteroatoms. The molecule has 0 unspecified atom stereocenters. The van der Waals surface area contributed by atoms with Crippen LogP contribution in [0.2, 0.25) is 0 Å². The molecule has 0 atom stereocenters. The van der Waals surface area contributed by atoms with Crippen LogP contribution in [0.3, 0.4) is 0 Å². The maximum atomic E-state index is 9.73. The number of hydrogen-bond donors (Lipinski definition) is 5. The molecule has 0 aromatic heterocycles. The SMILES string of the molecule is COc1cc(NCCNCCc2ccccc2O)ccc1/C(C=N)=C/N. The number of nitrogens with one attached hydrogen (secondary N) is 3. The van der Waals surface area contributed by atoms with Gasteiger partial charge in [-0.2, -0.15) is 0 Å². The van der Waals surface area contributed by atoms with Crippen molar-refractivity contribution in [2.75, 3.05) is 32.1 Å². The van der Waals surface area contributed by atoms with Gasteiger partial charge in [-0.05, 0) is 36.7 Å². The first-order chi connectivity index (χ1) is 12.7. The number of ether oxygens (including phenoxy) is 1. The molecular weight excluding hydrogens is 328 g/mol. The number of methoxy groups -OCH3 is 1. The Hall–Kier alpha value is -2.99. The first kappa shape index (κ1) is 19.3. The lowest BCUT2D eigenvalue weighted by molar-refractivity contribution is 0.414. The quantitative estimate of drug-likeness (QED) is 0.333. The minimum Gasteiger partial charge on any atom is -0.508 e. The zero-order chi connectivity index (χ0) is 18.8. The summed E-state index contributed by atoms with van der Waals surface area (Å²) in [6.07, 6.45) is 3.39. The van der Waals surface area contributed by atoms with Gasteiger partial charge in [-0.25, -0.2) is 0 Å². The second-order valence-corrected chi connectivity index (χ2v) is 5.74. The molecule has 138 valence electrons. The van der Waals surface area contributed by atoms with Crippen molar-refractivity contribution in [3.63, 3.8) is 0 Å². The van der Waals surface area contributed by atoms with E-state index in [1.165, 1.54) is 12.4 Å². The Morgan fingerprint density at radius 3 is 2.69 bits per heavy atom. The number of nitrogens with two attached hydrogens (primary N) is 1. The monoisotopic (exact) mass is 354 g/mol. The molecule has 0 amide bonds. The highest BCUT2D eigenvalue weighted by Gasteiger charge is 2.07. The number of phenols is 1. The molecule has 2 aromatic carbocycles. The molecule has 2 rings (SSSR count). The van der Waals surface area contributed by atoms with Crippen LogP contribution in [0.5, 0.6) is 11.5 Å². The number of allylic oxidation sites excluding steroid dienone is 1. The van der Waals surface area contributed by atoms with Crippen molar-refractivity contribution in [3.05, 3.63) is 59.8 Å². The number of anilines is 1. The number of para-hydroxylation sites is 1. The summed E-state index contributed by atoms with van der Waals surface area (Å²) >= 11 is 0. The summed E-state index contributed by atoms with van der Waals surface area (Å²) in [5, 5.41) is 23.8. The maximum Gasteiger partial charge on any atom is 0.128 e. The van der Waals surface area contributed by atoms with Crippen molar-refractivity contribution in [3.8, 4) is 11.5 Å². The Kier molecular flexibility index (Phi) is 7.51. The first-order valence-corrected chi connectivity index (χ1v) is 8.51. The predicted octanol–water partition coefficient (Wildman–Crippen LogP) is 2.59. The van der Waals surface area contributed by atoms with E-state index in [1.807, 2.05) is 36.4 Å². The summed E-state index contributed by atoms with van der Waals surface area (Å²) in [6, 6.07) is 13.1. The van der Waals surface area contributed by atoms with Gasteiger partial charge in [0.2, 0.25) is 0 Å². The normalized spacial score (nSPS) is 11.2. The van der Waals surface area contributed by atoms with Crippen molar-refractivity contribution >= 4 is 17.5 Å². The molecule has 0 saturated carbocycles. The Morgan fingerprint density at radius 2 is 2.00 bits per heavy atom. The molecule has 0 aliphatic rings. The van der Waals surface area contributed by atoms with E-state index < -0.39 is 0 Å². The average molecular weight is 354 g/mol. The molecule has 0 heterocycles. The van der Waals surface area contributed by atoms with Gasteiger partial charge >= 0.3 is 0 Å². The van der Waals surface area contributed by atoms with Crippen LogP contribution in [0.4, 0.5) is 5.69 Å². The Labute approximate surface area is 154 Å². The Balaban J connectivity index is 1.79. The van der Waals surface area contributed by atoms with E-state index in [1.54, 1.807) is 13.2 Å². The highest BCUT2D eigenvalue weighted by Crippen LogP contribution is 2.27. The highest BCUT2D eigenvalue weighted by atomic mass is 16.5. The molecule has 0 bridgehead atoms. The van der Waals surface area contributed by atoms with Crippen LogP contribution in [0.1, 0.15) is 11.1 Å². The van der Waals surface area contributed by atoms with Crippen molar-refractivity contribution in [2.45, 2.75) is 6.42 Å². The standard InChI is InChI=1S/C20H26N4O2/c1-26-20-12-17(6-7-18(20)16(13-21)14-22)24-11-10-23-9-8-15-4-2-3-5-19(15)25/h2-7,12-14,21,23-25H,8-11,22H2,1H3/b16-14+,21-13?.